The first kappa shape index (κ1) is 7.74. The molecule has 0 atom stereocenters. The predicted octanol–water partition coefficient (Wildman–Crippen LogP) is 1.04. The lowest BCUT2D eigenvalue weighted by atomic mass is 10.2. The van der Waals surface area contributed by atoms with Gasteiger partial charge in [0, 0.05) is 0 Å². The highest BCUT2D eigenvalue weighted by Gasteiger charge is 2.18. The molecule has 0 saturated carbocycles. The SMILES string of the molecule is N#Cc1ccc2c(c1O)OCCO2. The Bertz CT molecular complexity index is 381. The molecule has 0 aromatic heterocycles. The minimum atomic E-state index is -0.139. The lowest BCUT2D eigenvalue weighted by Crippen LogP contribution is -2.15. The molecular formula is C9H7NO3. The fraction of sp³-hybridized carbons (Fsp3) is 0.222. The first-order valence-electron chi connectivity index (χ1n) is 3.84. The highest BCUT2D eigenvalue weighted by Crippen LogP contribution is 2.40. The molecule has 66 valence electrons. The van der Waals surface area contributed by atoms with Crippen molar-refractivity contribution in [3.05, 3.63) is 17.7 Å². The van der Waals surface area contributed by atoms with Crippen LogP contribution in [-0.4, -0.2) is 18.3 Å². The first-order valence-corrected chi connectivity index (χ1v) is 3.84. The Hall–Kier alpha value is -1.89. The topological polar surface area (TPSA) is 62.5 Å². The Balaban J connectivity index is 2.56. The summed E-state index contributed by atoms with van der Waals surface area (Å²) in [4.78, 5) is 0. The first-order chi connectivity index (χ1) is 6.33. The maximum absolute atomic E-state index is 9.51. The van der Waals surface area contributed by atoms with E-state index in [9.17, 15) is 5.11 Å². The van der Waals surface area contributed by atoms with Gasteiger partial charge in [0.2, 0.25) is 5.75 Å². The van der Waals surface area contributed by atoms with Crippen molar-refractivity contribution in [3.8, 4) is 23.3 Å². The number of hydrogen-bond acceptors (Lipinski definition) is 4. The molecule has 13 heavy (non-hydrogen) atoms. The third-order valence-electron chi connectivity index (χ3n) is 1.80. The third-order valence-corrected chi connectivity index (χ3v) is 1.80. The summed E-state index contributed by atoms with van der Waals surface area (Å²) in [7, 11) is 0. The second-order valence-electron chi connectivity index (χ2n) is 2.60. The predicted molar refractivity (Wildman–Crippen MR) is 43.8 cm³/mol. The molecular weight excluding hydrogens is 170 g/mol. The van der Waals surface area contributed by atoms with Crippen molar-refractivity contribution in [3.63, 3.8) is 0 Å². The number of ether oxygens (including phenoxy) is 2. The summed E-state index contributed by atoms with van der Waals surface area (Å²) in [6.07, 6.45) is 0. The fourth-order valence-corrected chi connectivity index (χ4v) is 1.19. The Morgan fingerprint density at radius 3 is 2.85 bits per heavy atom. The standard InChI is InChI=1S/C9H7NO3/c10-5-6-1-2-7-9(8(6)11)13-4-3-12-7/h1-2,11H,3-4H2. The summed E-state index contributed by atoms with van der Waals surface area (Å²) in [6, 6.07) is 4.98. The highest BCUT2D eigenvalue weighted by molar-refractivity contribution is 5.59. The minimum Gasteiger partial charge on any atom is -0.503 e. The molecule has 2 rings (SSSR count). The number of phenols is 1. The zero-order valence-corrected chi connectivity index (χ0v) is 6.78. The van der Waals surface area contributed by atoms with E-state index in [0.29, 0.717) is 19.0 Å². The lowest BCUT2D eigenvalue weighted by Gasteiger charge is -2.19. The van der Waals surface area contributed by atoms with Gasteiger partial charge in [-0.2, -0.15) is 5.26 Å². The summed E-state index contributed by atoms with van der Waals surface area (Å²) in [6.45, 7) is 0.869. The van der Waals surface area contributed by atoms with Crippen molar-refractivity contribution in [1.29, 1.82) is 5.26 Å². The van der Waals surface area contributed by atoms with E-state index in [4.69, 9.17) is 14.7 Å². The van der Waals surface area contributed by atoms with Gasteiger partial charge in [-0.1, -0.05) is 0 Å². The quantitative estimate of drug-likeness (QED) is 0.643. The van der Waals surface area contributed by atoms with Gasteiger partial charge in [0.05, 0.1) is 5.56 Å². The smallest absolute Gasteiger partial charge is 0.204 e. The number of nitriles is 1. The van der Waals surface area contributed by atoms with Crippen molar-refractivity contribution in [2.24, 2.45) is 0 Å². The van der Waals surface area contributed by atoms with Crippen LogP contribution in [0, 0.1) is 11.3 Å². The minimum absolute atomic E-state index is 0.139. The van der Waals surface area contributed by atoms with Crippen molar-refractivity contribution >= 4 is 0 Å². The molecule has 1 aromatic rings. The van der Waals surface area contributed by atoms with Crippen LogP contribution in [0.5, 0.6) is 17.2 Å². The fourth-order valence-electron chi connectivity index (χ4n) is 1.19. The second-order valence-corrected chi connectivity index (χ2v) is 2.60. The Labute approximate surface area is 74.9 Å². The van der Waals surface area contributed by atoms with Crippen LogP contribution in [-0.2, 0) is 0 Å². The molecule has 1 aliphatic rings. The monoisotopic (exact) mass is 177 g/mol. The molecule has 0 fully saturated rings. The van der Waals surface area contributed by atoms with Gasteiger partial charge in [-0.3, -0.25) is 0 Å². The maximum Gasteiger partial charge on any atom is 0.204 e. The summed E-state index contributed by atoms with van der Waals surface area (Å²) >= 11 is 0. The molecule has 0 bridgehead atoms. The summed E-state index contributed by atoms with van der Waals surface area (Å²) in [5.74, 6) is 0.618. The number of phenolic OH excluding ortho intramolecular Hbond substituents is 1. The lowest BCUT2D eigenvalue weighted by molar-refractivity contribution is 0.165. The number of nitrogens with zero attached hydrogens (tertiary/aromatic N) is 1. The molecule has 0 unspecified atom stereocenters. The average molecular weight is 177 g/mol. The van der Waals surface area contributed by atoms with Gasteiger partial charge < -0.3 is 14.6 Å². The molecule has 4 nitrogen and oxygen atoms in total. The largest absolute Gasteiger partial charge is 0.503 e. The second kappa shape index (κ2) is 2.87. The Kier molecular flexibility index (Phi) is 1.71. The zero-order chi connectivity index (χ0) is 9.26. The van der Waals surface area contributed by atoms with E-state index in [1.807, 2.05) is 6.07 Å². The van der Waals surface area contributed by atoms with Gasteiger partial charge in [-0.25, -0.2) is 0 Å². The zero-order valence-electron chi connectivity index (χ0n) is 6.78. The van der Waals surface area contributed by atoms with E-state index >= 15 is 0 Å². The van der Waals surface area contributed by atoms with Gasteiger partial charge >= 0.3 is 0 Å². The molecule has 0 radical (unpaired) electrons. The number of fused-ring (bicyclic) bond motifs is 1. The molecule has 1 N–H and O–H groups in total. The number of benzene rings is 1. The number of hydrogen-bond donors (Lipinski definition) is 1. The van der Waals surface area contributed by atoms with E-state index in [2.05, 4.69) is 0 Å². The molecule has 0 spiro atoms. The molecule has 4 heteroatoms. The van der Waals surface area contributed by atoms with Crippen LogP contribution >= 0.6 is 0 Å². The van der Waals surface area contributed by atoms with Gasteiger partial charge in [-0.15, -0.1) is 0 Å². The molecule has 1 aliphatic heterocycles. The van der Waals surface area contributed by atoms with E-state index in [1.165, 1.54) is 6.07 Å². The summed E-state index contributed by atoms with van der Waals surface area (Å²) < 4.78 is 10.4. The van der Waals surface area contributed by atoms with Crippen molar-refractivity contribution in [1.82, 2.24) is 0 Å². The van der Waals surface area contributed by atoms with Crippen LogP contribution in [0.2, 0.25) is 0 Å². The summed E-state index contributed by atoms with van der Waals surface area (Å²) in [5, 5.41) is 18.1. The van der Waals surface area contributed by atoms with Gasteiger partial charge in [-0.05, 0) is 12.1 Å². The molecule has 0 saturated heterocycles. The van der Waals surface area contributed by atoms with Crippen molar-refractivity contribution in [2.45, 2.75) is 0 Å². The van der Waals surface area contributed by atoms with Crippen LogP contribution in [0.4, 0.5) is 0 Å². The van der Waals surface area contributed by atoms with Crippen molar-refractivity contribution in [2.75, 3.05) is 13.2 Å². The number of rotatable bonds is 0. The Morgan fingerprint density at radius 2 is 2.08 bits per heavy atom. The molecule has 1 aromatic carbocycles. The number of aromatic hydroxyl groups is 1. The molecule has 1 heterocycles. The van der Waals surface area contributed by atoms with Crippen LogP contribution < -0.4 is 9.47 Å². The maximum atomic E-state index is 9.51. The summed E-state index contributed by atoms with van der Waals surface area (Å²) in [5.41, 5.74) is 0.198. The van der Waals surface area contributed by atoms with E-state index in [1.54, 1.807) is 6.07 Å². The van der Waals surface area contributed by atoms with Gasteiger partial charge in [0.1, 0.15) is 19.3 Å². The molecule has 0 amide bonds. The van der Waals surface area contributed by atoms with Crippen LogP contribution in [0.3, 0.4) is 0 Å². The Morgan fingerprint density at radius 1 is 1.31 bits per heavy atom. The van der Waals surface area contributed by atoms with E-state index in [0.717, 1.165) is 0 Å². The van der Waals surface area contributed by atoms with Crippen LogP contribution in [0.1, 0.15) is 5.56 Å². The van der Waals surface area contributed by atoms with E-state index in [-0.39, 0.29) is 17.1 Å². The highest BCUT2D eigenvalue weighted by atomic mass is 16.6. The normalized spacial score (nSPS) is 13.5. The van der Waals surface area contributed by atoms with Crippen LogP contribution in [0.15, 0.2) is 12.1 Å². The van der Waals surface area contributed by atoms with Crippen LogP contribution in [0.25, 0.3) is 0 Å². The van der Waals surface area contributed by atoms with Crippen molar-refractivity contribution < 1.29 is 14.6 Å². The van der Waals surface area contributed by atoms with E-state index < -0.39 is 0 Å². The third kappa shape index (κ3) is 1.14. The average Bonchev–Trinajstić information content (AvgIpc) is 2.19. The van der Waals surface area contributed by atoms with Gasteiger partial charge in [0.15, 0.2) is 11.5 Å². The van der Waals surface area contributed by atoms with Gasteiger partial charge in [0.25, 0.3) is 0 Å². The molecule has 0 aliphatic carbocycles.